The van der Waals surface area contributed by atoms with E-state index in [-0.39, 0.29) is 17.7 Å². The second kappa shape index (κ2) is 7.31. The molecule has 2 aliphatic rings. The van der Waals surface area contributed by atoms with Crippen molar-refractivity contribution in [3.05, 3.63) is 58.1 Å². The number of nitrogens with zero attached hydrogens (tertiary/aromatic N) is 3. The number of fused-ring (bicyclic) bond motifs is 3. The van der Waals surface area contributed by atoms with E-state index in [0.717, 1.165) is 17.7 Å². The van der Waals surface area contributed by atoms with Crippen LogP contribution in [-0.2, 0) is 4.79 Å². The van der Waals surface area contributed by atoms with E-state index in [1.165, 1.54) is 11.8 Å². The molecule has 1 N–H and O–H groups in total. The number of benzene rings is 2. The molecule has 132 valence electrons. The lowest BCUT2D eigenvalue weighted by molar-refractivity contribution is -0.113. The van der Waals surface area contributed by atoms with Crippen LogP contribution < -0.4 is 5.32 Å². The average Bonchev–Trinajstić information content (AvgIpc) is 3.13. The Labute approximate surface area is 165 Å². The third kappa shape index (κ3) is 3.32. The summed E-state index contributed by atoms with van der Waals surface area (Å²) in [4.78, 5) is 17.0. The third-order valence-corrected chi connectivity index (χ3v) is 5.67. The van der Waals surface area contributed by atoms with Crippen LogP contribution in [0.25, 0.3) is 0 Å². The molecule has 0 spiro atoms. The Hall–Kier alpha value is -2.02. The summed E-state index contributed by atoms with van der Waals surface area (Å²) in [5.41, 5.74) is 2.51. The monoisotopic (exact) mass is 404 g/mol. The van der Waals surface area contributed by atoms with Gasteiger partial charge in [0, 0.05) is 18.2 Å². The van der Waals surface area contributed by atoms with Gasteiger partial charge in [-0.25, -0.2) is 10.0 Å². The molecule has 2 aliphatic heterocycles. The molecule has 1 amide bonds. The van der Waals surface area contributed by atoms with Gasteiger partial charge in [0.25, 0.3) is 0 Å². The van der Waals surface area contributed by atoms with E-state index in [1.54, 1.807) is 18.2 Å². The molecule has 5 nitrogen and oxygen atoms in total. The summed E-state index contributed by atoms with van der Waals surface area (Å²) in [6.45, 7) is 0. The number of carbonyl (C=O) groups excluding carboxylic acids is 1. The van der Waals surface area contributed by atoms with E-state index in [0.29, 0.717) is 20.9 Å². The maximum absolute atomic E-state index is 12.3. The normalized spacial score (nSPS) is 17.5. The lowest BCUT2D eigenvalue weighted by Crippen LogP contribution is -2.29. The van der Waals surface area contributed by atoms with Gasteiger partial charge in [-0.1, -0.05) is 59.2 Å². The van der Waals surface area contributed by atoms with Crippen molar-refractivity contribution in [3.63, 3.8) is 0 Å². The summed E-state index contributed by atoms with van der Waals surface area (Å²) in [6.07, 6.45) is 2.71. The zero-order chi connectivity index (χ0) is 18.1. The third-order valence-electron chi connectivity index (χ3n) is 4.10. The lowest BCUT2D eigenvalue weighted by atomic mass is 10.0. The van der Waals surface area contributed by atoms with Gasteiger partial charge in [-0.05, 0) is 18.2 Å². The number of thioether (sulfide) groups is 1. The molecule has 2 aromatic rings. The number of rotatable bonds is 3. The van der Waals surface area contributed by atoms with Crippen molar-refractivity contribution in [2.75, 3.05) is 11.1 Å². The topological polar surface area (TPSA) is 57.1 Å². The fraction of sp³-hybridized carbons (Fsp3) is 0.167. The van der Waals surface area contributed by atoms with Crippen molar-refractivity contribution >= 4 is 63.6 Å². The number of hydrogen-bond acceptors (Lipinski definition) is 5. The molecule has 1 atom stereocenters. The Bertz CT molecular complexity index is 911. The molecule has 8 heteroatoms. The van der Waals surface area contributed by atoms with Crippen LogP contribution in [0.5, 0.6) is 0 Å². The Morgan fingerprint density at radius 3 is 2.77 bits per heavy atom. The van der Waals surface area contributed by atoms with E-state index in [4.69, 9.17) is 23.2 Å². The average molecular weight is 405 g/mol. The molecular weight excluding hydrogens is 391 g/mol. The Kier molecular flexibility index (Phi) is 4.89. The minimum atomic E-state index is -0.203. The van der Waals surface area contributed by atoms with Gasteiger partial charge in [-0.15, -0.1) is 0 Å². The molecule has 0 saturated carbocycles. The Morgan fingerprint density at radius 2 is 1.96 bits per heavy atom. The number of carbonyl (C=O) groups is 1. The number of halogens is 2. The second-order valence-corrected chi connectivity index (χ2v) is 7.54. The van der Waals surface area contributed by atoms with Crippen LogP contribution >= 0.6 is 35.0 Å². The fourth-order valence-electron chi connectivity index (χ4n) is 2.90. The van der Waals surface area contributed by atoms with Crippen molar-refractivity contribution in [2.24, 2.45) is 10.1 Å². The van der Waals surface area contributed by atoms with Crippen LogP contribution in [-0.4, -0.2) is 28.1 Å². The van der Waals surface area contributed by atoms with E-state index < -0.39 is 0 Å². The summed E-state index contributed by atoms with van der Waals surface area (Å²) in [6, 6.07) is 13.3. The van der Waals surface area contributed by atoms with Crippen LogP contribution in [0.1, 0.15) is 18.0 Å². The van der Waals surface area contributed by atoms with E-state index in [1.807, 2.05) is 29.4 Å². The smallest absolute Gasteiger partial charge is 0.234 e. The molecule has 0 aromatic heterocycles. The van der Waals surface area contributed by atoms with Crippen LogP contribution in [0.4, 0.5) is 11.4 Å². The Morgan fingerprint density at radius 1 is 1.19 bits per heavy atom. The maximum atomic E-state index is 12.3. The lowest BCUT2D eigenvalue weighted by Gasteiger charge is -2.29. The standard InChI is InChI=1S/C18H14Cl2N4OS/c19-12-5-3-6-13(20)17(12)23-16(25)10-26-18-22-14-7-2-1-4-11(14)15-8-9-21-24(15)18/h1-7,9,15H,8,10H2,(H,23,25)/t15-/m1/s1. The molecule has 0 unspecified atom stereocenters. The first-order valence-electron chi connectivity index (χ1n) is 7.99. The maximum Gasteiger partial charge on any atom is 0.234 e. The second-order valence-electron chi connectivity index (χ2n) is 5.78. The number of para-hydroxylation sites is 2. The number of amidine groups is 1. The van der Waals surface area contributed by atoms with Gasteiger partial charge in [0.2, 0.25) is 5.91 Å². The van der Waals surface area contributed by atoms with Crippen LogP contribution in [0.2, 0.25) is 10.0 Å². The van der Waals surface area contributed by atoms with Crippen LogP contribution in [0.3, 0.4) is 0 Å². The number of hydrogen-bond donors (Lipinski definition) is 1. The van der Waals surface area contributed by atoms with Gasteiger partial charge in [-0.3, -0.25) is 4.79 Å². The van der Waals surface area contributed by atoms with Crippen molar-refractivity contribution in [1.82, 2.24) is 5.01 Å². The van der Waals surface area contributed by atoms with Gasteiger partial charge in [-0.2, -0.15) is 5.10 Å². The first kappa shape index (κ1) is 17.4. The van der Waals surface area contributed by atoms with E-state index >= 15 is 0 Å². The molecule has 0 saturated heterocycles. The van der Waals surface area contributed by atoms with E-state index in [9.17, 15) is 4.79 Å². The van der Waals surface area contributed by atoms with E-state index in [2.05, 4.69) is 21.5 Å². The van der Waals surface area contributed by atoms with Gasteiger partial charge in [0.1, 0.15) is 0 Å². The summed E-state index contributed by atoms with van der Waals surface area (Å²) >= 11 is 13.5. The highest BCUT2D eigenvalue weighted by molar-refractivity contribution is 8.14. The van der Waals surface area contributed by atoms with Crippen molar-refractivity contribution in [3.8, 4) is 0 Å². The summed E-state index contributed by atoms with van der Waals surface area (Å²) in [5, 5.41) is 10.6. The first-order valence-corrected chi connectivity index (χ1v) is 9.73. The number of anilines is 1. The molecule has 0 bridgehead atoms. The quantitative estimate of drug-likeness (QED) is 0.773. The summed E-state index contributed by atoms with van der Waals surface area (Å²) < 4.78 is 0. The minimum Gasteiger partial charge on any atom is -0.323 e. The minimum absolute atomic E-state index is 0.146. The molecule has 2 aromatic carbocycles. The highest BCUT2D eigenvalue weighted by atomic mass is 35.5. The highest BCUT2D eigenvalue weighted by Gasteiger charge is 2.32. The molecule has 4 rings (SSSR count). The molecule has 0 fully saturated rings. The summed E-state index contributed by atoms with van der Waals surface area (Å²) in [5.74, 6) is -0.0207. The molecule has 26 heavy (non-hydrogen) atoms. The number of nitrogens with one attached hydrogen (secondary N) is 1. The van der Waals surface area contributed by atoms with Gasteiger partial charge < -0.3 is 5.32 Å². The summed E-state index contributed by atoms with van der Waals surface area (Å²) in [7, 11) is 0. The molecule has 2 heterocycles. The molecule has 0 aliphatic carbocycles. The number of hydrazone groups is 1. The predicted octanol–water partition coefficient (Wildman–Crippen LogP) is 5.10. The molecular formula is C18H14Cl2N4OS. The van der Waals surface area contributed by atoms with Gasteiger partial charge in [0.05, 0.1) is 33.2 Å². The fourth-order valence-corrected chi connectivity index (χ4v) is 4.20. The van der Waals surface area contributed by atoms with Crippen LogP contribution in [0, 0.1) is 0 Å². The zero-order valence-corrected chi connectivity index (χ0v) is 15.9. The van der Waals surface area contributed by atoms with Crippen molar-refractivity contribution < 1.29 is 4.79 Å². The van der Waals surface area contributed by atoms with Gasteiger partial charge in [0.15, 0.2) is 5.17 Å². The Balaban J connectivity index is 1.48. The number of amides is 1. The number of aliphatic imine (C=N–C) groups is 1. The van der Waals surface area contributed by atoms with Crippen LogP contribution in [0.15, 0.2) is 52.6 Å². The van der Waals surface area contributed by atoms with Crippen molar-refractivity contribution in [2.45, 2.75) is 12.5 Å². The first-order chi connectivity index (χ1) is 12.6. The highest BCUT2D eigenvalue weighted by Crippen LogP contribution is 2.41. The SMILES string of the molecule is O=C(CSC1=Nc2ccccc2[C@H]2CC=NN12)Nc1c(Cl)cccc1Cl. The van der Waals surface area contributed by atoms with Gasteiger partial charge >= 0.3 is 0 Å². The predicted molar refractivity (Wildman–Crippen MR) is 109 cm³/mol. The zero-order valence-electron chi connectivity index (χ0n) is 13.5. The molecule has 0 radical (unpaired) electrons. The van der Waals surface area contributed by atoms with Crippen molar-refractivity contribution in [1.29, 1.82) is 0 Å². The largest absolute Gasteiger partial charge is 0.323 e.